The summed E-state index contributed by atoms with van der Waals surface area (Å²) in [6.07, 6.45) is -0.111. The third kappa shape index (κ3) is 6.83. The largest absolute Gasteiger partial charge is 0.489 e. The van der Waals surface area contributed by atoms with Gasteiger partial charge in [-0.25, -0.2) is 13.9 Å². The summed E-state index contributed by atoms with van der Waals surface area (Å²) < 4.78 is 31.5. The van der Waals surface area contributed by atoms with E-state index in [0.29, 0.717) is 41.7 Å². The van der Waals surface area contributed by atoms with Crippen molar-refractivity contribution < 1.29 is 23.4 Å². The van der Waals surface area contributed by atoms with Crippen LogP contribution in [0.15, 0.2) is 30.1 Å². The van der Waals surface area contributed by atoms with E-state index in [2.05, 4.69) is 15.0 Å². The molecule has 1 aromatic heterocycles. The van der Waals surface area contributed by atoms with Crippen LogP contribution >= 0.6 is 11.6 Å². The number of morpholine rings is 1. The van der Waals surface area contributed by atoms with Gasteiger partial charge >= 0.3 is 6.09 Å². The SMILES string of the molecule is CN(C/C(=C\F)COc1ccc(-c2nc(N3CCOCC3)n(C)n2)c(Cl)c1)C(=O)OC(C)(C)C. The lowest BCUT2D eigenvalue weighted by Gasteiger charge is -2.26. The molecule has 1 aromatic carbocycles. The Morgan fingerprint density at radius 2 is 2.03 bits per heavy atom. The molecule has 0 N–H and O–H groups in total. The van der Waals surface area contributed by atoms with E-state index in [-0.39, 0.29) is 18.7 Å². The Morgan fingerprint density at radius 1 is 1.32 bits per heavy atom. The van der Waals surface area contributed by atoms with Gasteiger partial charge in [-0.1, -0.05) is 11.6 Å². The zero-order valence-corrected chi connectivity index (χ0v) is 20.9. The van der Waals surface area contributed by atoms with E-state index in [4.69, 9.17) is 25.8 Å². The molecule has 1 aliphatic rings. The average molecular weight is 496 g/mol. The summed E-state index contributed by atoms with van der Waals surface area (Å²) in [6, 6.07) is 5.12. The molecule has 0 saturated carbocycles. The molecule has 1 fully saturated rings. The molecule has 0 bridgehead atoms. The van der Waals surface area contributed by atoms with Crippen LogP contribution in [0, 0.1) is 0 Å². The predicted octanol–water partition coefficient (Wildman–Crippen LogP) is 4.07. The fraction of sp³-hybridized carbons (Fsp3) is 0.522. The summed E-state index contributed by atoms with van der Waals surface area (Å²) in [7, 11) is 3.38. The molecule has 0 unspecified atom stereocenters. The number of aromatic nitrogens is 3. The molecule has 3 rings (SSSR count). The maximum atomic E-state index is 13.4. The quantitative estimate of drug-likeness (QED) is 0.572. The summed E-state index contributed by atoms with van der Waals surface area (Å²) in [5.74, 6) is 1.71. The summed E-state index contributed by atoms with van der Waals surface area (Å²) in [5.41, 5.74) is 0.302. The van der Waals surface area contributed by atoms with E-state index in [1.54, 1.807) is 43.7 Å². The van der Waals surface area contributed by atoms with Crippen molar-refractivity contribution in [3.05, 3.63) is 35.1 Å². The maximum absolute atomic E-state index is 13.4. The maximum Gasteiger partial charge on any atom is 0.410 e. The van der Waals surface area contributed by atoms with E-state index < -0.39 is 11.7 Å². The molecule has 2 aromatic rings. The van der Waals surface area contributed by atoms with Gasteiger partial charge in [-0.05, 0) is 39.0 Å². The molecule has 11 heteroatoms. The minimum Gasteiger partial charge on any atom is -0.489 e. The molecule has 0 aliphatic carbocycles. The molecule has 2 heterocycles. The Bertz CT molecular complexity index is 1030. The van der Waals surface area contributed by atoms with Gasteiger partial charge in [0.25, 0.3) is 0 Å². The van der Waals surface area contributed by atoms with Gasteiger partial charge in [0.05, 0.1) is 31.1 Å². The lowest BCUT2D eigenvalue weighted by Crippen LogP contribution is -2.37. The Morgan fingerprint density at radius 3 is 2.65 bits per heavy atom. The number of hydrogen-bond donors (Lipinski definition) is 0. The highest BCUT2D eigenvalue weighted by molar-refractivity contribution is 6.33. The molecule has 0 spiro atoms. The number of ether oxygens (including phenoxy) is 3. The van der Waals surface area contributed by atoms with E-state index in [0.717, 1.165) is 19.0 Å². The molecule has 0 radical (unpaired) electrons. The van der Waals surface area contributed by atoms with Crippen LogP contribution in [0.4, 0.5) is 15.1 Å². The lowest BCUT2D eigenvalue weighted by atomic mass is 10.2. The molecule has 34 heavy (non-hydrogen) atoms. The van der Waals surface area contributed by atoms with Crippen molar-refractivity contribution in [3.63, 3.8) is 0 Å². The molecular formula is C23H31ClFN5O4. The number of carbonyl (C=O) groups is 1. The fourth-order valence-electron chi connectivity index (χ4n) is 3.29. The monoisotopic (exact) mass is 495 g/mol. The summed E-state index contributed by atoms with van der Waals surface area (Å²) >= 11 is 6.49. The van der Waals surface area contributed by atoms with Crippen LogP contribution in [-0.4, -0.2) is 77.9 Å². The molecular weight excluding hydrogens is 465 g/mol. The number of nitrogens with zero attached hydrogens (tertiary/aromatic N) is 5. The van der Waals surface area contributed by atoms with Crippen LogP contribution in [0.5, 0.6) is 5.75 Å². The predicted molar refractivity (Wildman–Crippen MR) is 128 cm³/mol. The third-order valence-electron chi connectivity index (χ3n) is 4.94. The second-order valence-electron chi connectivity index (χ2n) is 8.99. The normalized spacial score (nSPS) is 14.8. The molecule has 0 atom stereocenters. The topological polar surface area (TPSA) is 82.0 Å². The molecule has 1 saturated heterocycles. The van der Waals surface area contributed by atoms with Crippen LogP contribution in [0.1, 0.15) is 20.8 Å². The zero-order chi connectivity index (χ0) is 24.9. The van der Waals surface area contributed by atoms with E-state index in [1.165, 1.54) is 11.9 Å². The minimum atomic E-state index is -0.634. The van der Waals surface area contributed by atoms with Gasteiger partial charge in [-0.3, -0.25) is 0 Å². The van der Waals surface area contributed by atoms with Crippen LogP contribution < -0.4 is 9.64 Å². The molecule has 186 valence electrons. The van der Waals surface area contributed by atoms with Gasteiger partial charge in [0, 0.05) is 38.3 Å². The van der Waals surface area contributed by atoms with E-state index >= 15 is 0 Å². The Kier molecular flexibility index (Phi) is 8.37. The Hall–Kier alpha value is -2.85. The number of rotatable bonds is 7. The van der Waals surface area contributed by atoms with Crippen molar-refractivity contribution in [2.45, 2.75) is 26.4 Å². The highest BCUT2D eigenvalue weighted by Gasteiger charge is 2.21. The Balaban J connectivity index is 1.62. The molecule has 1 aliphatic heterocycles. The van der Waals surface area contributed by atoms with E-state index in [9.17, 15) is 9.18 Å². The lowest BCUT2D eigenvalue weighted by molar-refractivity contribution is 0.0310. The van der Waals surface area contributed by atoms with Crippen LogP contribution in [0.2, 0.25) is 5.02 Å². The van der Waals surface area contributed by atoms with E-state index in [1.807, 2.05) is 7.05 Å². The smallest absolute Gasteiger partial charge is 0.410 e. The number of aryl methyl sites for hydroxylation is 1. The second kappa shape index (κ2) is 11.1. The summed E-state index contributed by atoms with van der Waals surface area (Å²) in [6.45, 7) is 8.08. The molecule has 1 amide bonds. The van der Waals surface area contributed by atoms with Gasteiger partial charge < -0.3 is 24.0 Å². The van der Waals surface area contributed by atoms with Gasteiger partial charge in [-0.2, -0.15) is 4.98 Å². The fourth-order valence-corrected chi connectivity index (χ4v) is 3.55. The number of likely N-dealkylation sites (N-methyl/N-ethyl adjacent to an activating group) is 1. The highest BCUT2D eigenvalue weighted by Crippen LogP contribution is 2.31. The van der Waals surface area contributed by atoms with Gasteiger partial charge in [0.1, 0.15) is 18.0 Å². The third-order valence-corrected chi connectivity index (χ3v) is 5.25. The standard InChI is InChI=1S/C23H31ClFN5O4/c1-23(2,3)34-22(31)28(4)14-16(13-25)15-33-17-6-7-18(19(24)12-17)20-26-21(29(5)27-20)30-8-10-32-11-9-30/h6-7,12-13H,8-11,14-15H2,1-5H3/b16-13+. The number of anilines is 1. The minimum absolute atomic E-state index is 0.0272. The first kappa shape index (κ1) is 25.8. The highest BCUT2D eigenvalue weighted by atomic mass is 35.5. The summed E-state index contributed by atoms with van der Waals surface area (Å²) in [4.78, 5) is 20.1. The van der Waals surface area contributed by atoms with Gasteiger partial charge in [0.2, 0.25) is 5.95 Å². The van der Waals surface area contributed by atoms with Gasteiger partial charge in [0.15, 0.2) is 5.82 Å². The Labute approximate surface area is 204 Å². The van der Waals surface area contributed by atoms with Crippen LogP contribution in [-0.2, 0) is 16.5 Å². The van der Waals surface area contributed by atoms with Crippen molar-refractivity contribution in [2.75, 3.05) is 51.4 Å². The summed E-state index contributed by atoms with van der Waals surface area (Å²) in [5, 5.41) is 4.91. The second-order valence-corrected chi connectivity index (χ2v) is 9.40. The first-order chi connectivity index (χ1) is 16.1. The number of carbonyl (C=O) groups excluding carboxylic acids is 1. The first-order valence-corrected chi connectivity index (χ1v) is 11.3. The first-order valence-electron chi connectivity index (χ1n) is 11.0. The van der Waals surface area contributed by atoms with Crippen molar-refractivity contribution in [3.8, 4) is 17.1 Å². The van der Waals surface area contributed by atoms with Crippen molar-refractivity contribution in [1.82, 2.24) is 19.7 Å². The van der Waals surface area contributed by atoms with Crippen LogP contribution in [0.3, 0.4) is 0 Å². The van der Waals surface area contributed by atoms with Crippen LogP contribution in [0.25, 0.3) is 11.4 Å². The zero-order valence-electron chi connectivity index (χ0n) is 20.2. The average Bonchev–Trinajstić information content (AvgIpc) is 3.17. The van der Waals surface area contributed by atoms with Crippen molar-refractivity contribution in [1.29, 1.82) is 0 Å². The van der Waals surface area contributed by atoms with Gasteiger partial charge in [-0.15, -0.1) is 5.10 Å². The van der Waals surface area contributed by atoms with Crippen molar-refractivity contribution >= 4 is 23.6 Å². The number of hydrogen-bond acceptors (Lipinski definition) is 7. The van der Waals surface area contributed by atoms with Crippen molar-refractivity contribution in [2.24, 2.45) is 7.05 Å². The number of amides is 1. The molecule has 9 nitrogen and oxygen atoms in total. The number of halogens is 2. The number of benzene rings is 1.